The molecule has 0 fully saturated rings. The fraction of sp³-hybridized carbons (Fsp3) is 0.368. The van der Waals surface area contributed by atoms with Gasteiger partial charge < -0.3 is 15.4 Å². The maximum atomic E-state index is 13.1. The molecule has 6 nitrogen and oxygen atoms in total. The van der Waals surface area contributed by atoms with Crippen molar-refractivity contribution in [3.8, 4) is 0 Å². The minimum atomic E-state index is -0.257. The van der Waals surface area contributed by atoms with Crippen LogP contribution in [0.1, 0.15) is 20.9 Å². The van der Waals surface area contributed by atoms with Crippen LogP contribution in [-0.2, 0) is 11.3 Å². The molecule has 0 aliphatic heterocycles. The summed E-state index contributed by atoms with van der Waals surface area (Å²) in [6.45, 7) is 5.11. The molecule has 2 aromatic heterocycles. The second-order valence-electron chi connectivity index (χ2n) is 6.20. The summed E-state index contributed by atoms with van der Waals surface area (Å²) >= 11 is 1.42. The Labute approximate surface area is 161 Å². The summed E-state index contributed by atoms with van der Waals surface area (Å²) in [7, 11) is 1.66. The number of methoxy groups -OCH3 is 1. The van der Waals surface area contributed by atoms with Gasteiger partial charge in [0.25, 0.3) is 5.91 Å². The van der Waals surface area contributed by atoms with Crippen molar-refractivity contribution >= 4 is 27.5 Å². The molecule has 2 N–H and O–H groups in total. The van der Waals surface area contributed by atoms with Crippen LogP contribution in [0.5, 0.6) is 0 Å². The minimum absolute atomic E-state index is 0.0857. The molecule has 0 saturated carbocycles. The number of rotatable bonds is 9. The molecule has 0 atom stereocenters. The van der Waals surface area contributed by atoms with Crippen molar-refractivity contribution < 1.29 is 13.9 Å². The van der Waals surface area contributed by atoms with E-state index < -0.39 is 0 Å². The lowest BCUT2D eigenvalue weighted by Gasteiger charge is -2.05. The SMILES string of the molecule is COCCNCCNC(=O)c1cc2c(C)nn(Cc3ccc(F)cc3)c2s1. The number of fused-ring (bicyclic) bond motifs is 1. The number of carbonyl (C=O) groups excluding carboxylic acids is 1. The summed E-state index contributed by atoms with van der Waals surface area (Å²) in [4.78, 5) is 14.0. The summed E-state index contributed by atoms with van der Waals surface area (Å²) in [6, 6.07) is 8.26. The predicted octanol–water partition coefficient (Wildman–Crippen LogP) is 2.56. The molecule has 0 bridgehead atoms. The van der Waals surface area contributed by atoms with E-state index in [2.05, 4.69) is 15.7 Å². The molecule has 3 rings (SSSR count). The van der Waals surface area contributed by atoms with Gasteiger partial charge in [-0.25, -0.2) is 4.39 Å². The number of amides is 1. The number of aromatic nitrogens is 2. The first kappa shape index (κ1) is 19.5. The highest BCUT2D eigenvalue weighted by atomic mass is 32.1. The number of nitrogens with zero attached hydrogens (tertiary/aromatic N) is 2. The molecule has 2 heterocycles. The van der Waals surface area contributed by atoms with Crippen LogP contribution in [-0.4, -0.2) is 49.0 Å². The molecule has 1 amide bonds. The van der Waals surface area contributed by atoms with Crippen LogP contribution < -0.4 is 10.6 Å². The van der Waals surface area contributed by atoms with Gasteiger partial charge in [-0.2, -0.15) is 5.10 Å². The van der Waals surface area contributed by atoms with E-state index in [9.17, 15) is 9.18 Å². The molecule has 0 radical (unpaired) electrons. The second kappa shape index (κ2) is 9.07. The predicted molar refractivity (Wildman–Crippen MR) is 105 cm³/mol. The monoisotopic (exact) mass is 390 g/mol. The van der Waals surface area contributed by atoms with E-state index in [1.807, 2.05) is 17.7 Å². The first-order valence-corrected chi connectivity index (χ1v) is 9.59. The molecule has 0 unspecified atom stereocenters. The van der Waals surface area contributed by atoms with Crippen LogP contribution in [0.15, 0.2) is 30.3 Å². The van der Waals surface area contributed by atoms with Gasteiger partial charge in [0.2, 0.25) is 0 Å². The zero-order valence-electron chi connectivity index (χ0n) is 15.4. The molecule has 0 aliphatic carbocycles. The third-order valence-electron chi connectivity index (χ3n) is 4.15. The number of carbonyl (C=O) groups is 1. The zero-order valence-corrected chi connectivity index (χ0v) is 16.2. The molecular weight excluding hydrogens is 367 g/mol. The van der Waals surface area contributed by atoms with Crippen molar-refractivity contribution in [1.29, 1.82) is 0 Å². The van der Waals surface area contributed by atoms with Gasteiger partial charge in [-0.3, -0.25) is 9.48 Å². The van der Waals surface area contributed by atoms with Crippen molar-refractivity contribution in [3.05, 3.63) is 52.3 Å². The van der Waals surface area contributed by atoms with Crippen molar-refractivity contribution in [2.75, 3.05) is 33.4 Å². The van der Waals surface area contributed by atoms with E-state index >= 15 is 0 Å². The molecular formula is C19H23FN4O2S. The number of halogens is 1. The fourth-order valence-corrected chi connectivity index (χ4v) is 3.82. The van der Waals surface area contributed by atoms with E-state index in [4.69, 9.17) is 4.74 Å². The second-order valence-corrected chi connectivity index (χ2v) is 7.23. The number of nitrogens with one attached hydrogen (secondary N) is 2. The number of hydrogen-bond donors (Lipinski definition) is 2. The lowest BCUT2D eigenvalue weighted by molar-refractivity contribution is 0.0958. The van der Waals surface area contributed by atoms with Crippen LogP contribution in [0.2, 0.25) is 0 Å². The van der Waals surface area contributed by atoms with Crippen LogP contribution >= 0.6 is 11.3 Å². The van der Waals surface area contributed by atoms with Crippen molar-refractivity contribution in [2.45, 2.75) is 13.5 Å². The lowest BCUT2D eigenvalue weighted by Crippen LogP contribution is -2.32. The molecule has 27 heavy (non-hydrogen) atoms. The van der Waals surface area contributed by atoms with Crippen LogP contribution in [0.4, 0.5) is 4.39 Å². The Kier molecular flexibility index (Phi) is 6.54. The highest BCUT2D eigenvalue weighted by Gasteiger charge is 2.16. The first-order chi connectivity index (χ1) is 13.1. The van der Waals surface area contributed by atoms with E-state index in [0.717, 1.165) is 28.0 Å². The molecule has 144 valence electrons. The van der Waals surface area contributed by atoms with Gasteiger partial charge in [0.15, 0.2) is 0 Å². The first-order valence-electron chi connectivity index (χ1n) is 8.77. The summed E-state index contributed by atoms with van der Waals surface area (Å²) in [5, 5.41) is 11.6. The third-order valence-corrected chi connectivity index (χ3v) is 5.29. The summed E-state index contributed by atoms with van der Waals surface area (Å²) in [5.74, 6) is -0.343. The molecule has 0 aliphatic rings. The number of aryl methyl sites for hydroxylation is 1. The number of ether oxygens (including phenoxy) is 1. The van der Waals surface area contributed by atoms with Gasteiger partial charge in [-0.05, 0) is 30.7 Å². The Morgan fingerprint density at radius 3 is 2.78 bits per heavy atom. The van der Waals surface area contributed by atoms with E-state index in [-0.39, 0.29) is 11.7 Å². The van der Waals surface area contributed by atoms with Gasteiger partial charge >= 0.3 is 0 Å². The Balaban J connectivity index is 1.66. The van der Waals surface area contributed by atoms with E-state index in [1.165, 1.54) is 23.5 Å². The van der Waals surface area contributed by atoms with Crippen LogP contribution in [0.25, 0.3) is 10.2 Å². The largest absolute Gasteiger partial charge is 0.383 e. The summed E-state index contributed by atoms with van der Waals surface area (Å²) < 4.78 is 19.9. The van der Waals surface area contributed by atoms with Crippen molar-refractivity contribution in [2.24, 2.45) is 0 Å². The van der Waals surface area contributed by atoms with Gasteiger partial charge in [0.1, 0.15) is 10.6 Å². The highest BCUT2D eigenvalue weighted by Crippen LogP contribution is 2.28. The van der Waals surface area contributed by atoms with Crippen LogP contribution in [0, 0.1) is 12.7 Å². The summed E-state index contributed by atoms with van der Waals surface area (Å²) in [5.41, 5.74) is 1.84. The number of thiophene rings is 1. The topological polar surface area (TPSA) is 68.2 Å². The lowest BCUT2D eigenvalue weighted by atomic mass is 10.2. The average molecular weight is 390 g/mol. The summed E-state index contributed by atoms with van der Waals surface area (Å²) in [6.07, 6.45) is 0. The van der Waals surface area contributed by atoms with Crippen LogP contribution in [0.3, 0.4) is 0 Å². The maximum Gasteiger partial charge on any atom is 0.261 e. The van der Waals surface area contributed by atoms with Crippen molar-refractivity contribution in [1.82, 2.24) is 20.4 Å². The Hall–Kier alpha value is -2.29. The highest BCUT2D eigenvalue weighted by molar-refractivity contribution is 7.20. The molecule has 0 saturated heterocycles. The standard InChI is InChI=1S/C19H23FN4O2S/c1-13-16-11-17(18(25)22-8-7-21-9-10-26-2)27-19(16)24(23-13)12-14-3-5-15(20)6-4-14/h3-6,11,21H,7-10,12H2,1-2H3,(H,22,25). The van der Waals surface area contributed by atoms with E-state index in [1.54, 1.807) is 19.2 Å². The van der Waals surface area contributed by atoms with E-state index in [0.29, 0.717) is 31.1 Å². The Morgan fingerprint density at radius 1 is 1.26 bits per heavy atom. The zero-order chi connectivity index (χ0) is 19.2. The van der Waals surface area contributed by atoms with Crippen molar-refractivity contribution in [3.63, 3.8) is 0 Å². The Bertz CT molecular complexity index is 904. The molecule has 8 heteroatoms. The van der Waals surface area contributed by atoms with Gasteiger partial charge in [0.05, 0.1) is 23.7 Å². The van der Waals surface area contributed by atoms with Gasteiger partial charge in [-0.1, -0.05) is 12.1 Å². The quantitative estimate of drug-likeness (QED) is 0.551. The smallest absolute Gasteiger partial charge is 0.261 e. The van der Waals surface area contributed by atoms with Gasteiger partial charge in [-0.15, -0.1) is 11.3 Å². The average Bonchev–Trinajstić information content (AvgIpc) is 3.21. The molecule has 1 aromatic carbocycles. The minimum Gasteiger partial charge on any atom is -0.383 e. The normalized spacial score (nSPS) is 11.2. The molecule has 0 spiro atoms. The number of hydrogen-bond acceptors (Lipinski definition) is 5. The third kappa shape index (κ3) is 4.91. The number of benzene rings is 1. The molecule has 3 aromatic rings. The Morgan fingerprint density at radius 2 is 2.04 bits per heavy atom. The maximum absolute atomic E-state index is 13.1. The fourth-order valence-electron chi connectivity index (χ4n) is 2.75. The van der Waals surface area contributed by atoms with Gasteiger partial charge in [0, 0.05) is 32.1 Å².